The molecule has 0 aromatic carbocycles. The average molecular weight is 158 g/mol. The van der Waals surface area contributed by atoms with Crippen LogP contribution >= 0.6 is 0 Å². The largest absolute Gasteiger partial charge is 0.623 e. The summed E-state index contributed by atoms with van der Waals surface area (Å²) >= 11 is 0. The summed E-state index contributed by atoms with van der Waals surface area (Å²) in [4.78, 5) is 0. The normalized spacial score (nSPS) is 12.0. The fraction of sp³-hybridized carbons (Fsp3) is 0.714. The van der Waals surface area contributed by atoms with Gasteiger partial charge in [0.2, 0.25) is 5.54 Å². The number of hydrogen-bond donors (Lipinski definition) is 1. The van der Waals surface area contributed by atoms with Gasteiger partial charge in [0.15, 0.2) is 5.71 Å². The van der Waals surface area contributed by atoms with E-state index in [1.165, 1.54) is 6.21 Å². The van der Waals surface area contributed by atoms with Crippen LogP contribution in [-0.4, -0.2) is 27.4 Å². The minimum atomic E-state index is -0.770. The molecule has 0 saturated carbocycles. The quantitative estimate of drug-likeness (QED) is 0.216. The summed E-state index contributed by atoms with van der Waals surface area (Å²) in [6, 6.07) is 0. The van der Waals surface area contributed by atoms with Gasteiger partial charge >= 0.3 is 0 Å². The fourth-order valence-electron chi connectivity index (χ4n) is 0.770. The van der Waals surface area contributed by atoms with Crippen LogP contribution in [0.15, 0.2) is 5.16 Å². The van der Waals surface area contributed by atoms with Crippen molar-refractivity contribution in [2.45, 2.75) is 33.2 Å². The van der Waals surface area contributed by atoms with Crippen LogP contribution < -0.4 is 0 Å². The molecule has 0 fully saturated rings. The van der Waals surface area contributed by atoms with Crippen molar-refractivity contribution in [2.75, 3.05) is 0 Å². The molecule has 4 heteroatoms. The lowest BCUT2D eigenvalue weighted by atomic mass is 10.1. The highest BCUT2D eigenvalue weighted by atomic mass is 16.5. The second-order valence-corrected chi connectivity index (χ2v) is 3.14. The molecule has 0 aromatic rings. The van der Waals surface area contributed by atoms with Crippen molar-refractivity contribution in [3.63, 3.8) is 0 Å². The van der Waals surface area contributed by atoms with E-state index in [0.29, 0.717) is 5.71 Å². The Bertz CT molecular complexity index is 191. The third-order valence-corrected chi connectivity index (χ3v) is 1.30. The minimum absolute atomic E-state index is 0.634. The lowest BCUT2D eigenvalue weighted by Gasteiger charge is -2.19. The van der Waals surface area contributed by atoms with Gasteiger partial charge in [-0.25, -0.2) is 4.74 Å². The smallest absolute Gasteiger partial charge is 0.205 e. The van der Waals surface area contributed by atoms with E-state index in [2.05, 4.69) is 5.16 Å². The molecule has 11 heavy (non-hydrogen) atoms. The van der Waals surface area contributed by atoms with Gasteiger partial charge < -0.3 is 10.4 Å². The summed E-state index contributed by atoms with van der Waals surface area (Å²) in [6.07, 6.45) is 1.20. The molecule has 0 atom stereocenters. The van der Waals surface area contributed by atoms with Crippen LogP contribution in [0.25, 0.3) is 0 Å². The third kappa shape index (κ3) is 2.57. The minimum Gasteiger partial charge on any atom is -0.623 e. The zero-order chi connectivity index (χ0) is 9.07. The van der Waals surface area contributed by atoms with Crippen LogP contribution in [-0.2, 0) is 0 Å². The van der Waals surface area contributed by atoms with Crippen molar-refractivity contribution < 1.29 is 9.95 Å². The Morgan fingerprint density at radius 3 is 2.27 bits per heavy atom. The molecule has 0 heterocycles. The molecule has 0 unspecified atom stereocenters. The number of oxime groups is 1. The summed E-state index contributed by atoms with van der Waals surface area (Å²) in [5.74, 6) is 0. The molecule has 0 aliphatic carbocycles. The first-order valence-electron chi connectivity index (χ1n) is 3.38. The summed E-state index contributed by atoms with van der Waals surface area (Å²) in [7, 11) is 0. The second kappa shape index (κ2) is 3.37. The zero-order valence-electron chi connectivity index (χ0n) is 7.33. The van der Waals surface area contributed by atoms with Crippen molar-refractivity contribution >= 4 is 11.9 Å². The van der Waals surface area contributed by atoms with Crippen molar-refractivity contribution in [3.8, 4) is 0 Å². The Labute approximate surface area is 66.4 Å². The van der Waals surface area contributed by atoms with Gasteiger partial charge in [0.25, 0.3) is 0 Å². The molecule has 0 aliphatic heterocycles. The van der Waals surface area contributed by atoms with E-state index in [4.69, 9.17) is 5.21 Å². The van der Waals surface area contributed by atoms with E-state index >= 15 is 0 Å². The molecule has 0 bridgehead atoms. The maximum atomic E-state index is 11.2. The van der Waals surface area contributed by atoms with Gasteiger partial charge in [-0.3, -0.25) is 0 Å². The number of rotatable bonds is 2. The lowest BCUT2D eigenvalue weighted by molar-refractivity contribution is -0.516. The Kier molecular flexibility index (Phi) is 3.04. The topological polar surface area (TPSA) is 58.7 Å². The van der Waals surface area contributed by atoms with E-state index in [1.54, 1.807) is 27.7 Å². The van der Waals surface area contributed by atoms with Gasteiger partial charge in [-0.15, -0.1) is 0 Å². The van der Waals surface area contributed by atoms with Crippen LogP contribution in [0.3, 0.4) is 0 Å². The van der Waals surface area contributed by atoms with E-state index in [1.807, 2.05) is 0 Å². The summed E-state index contributed by atoms with van der Waals surface area (Å²) in [5.41, 5.74) is -0.136. The van der Waals surface area contributed by atoms with Gasteiger partial charge in [-0.05, 0) is 0 Å². The van der Waals surface area contributed by atoms with E-state index in [9.17, 15) is 5.21 Å². The zero-order valence-corrected chi connectivity index (χ0v) is 7.33. The third-order valence-electron chi connectivity index (χ3n) is 1.30. The molecule has 0 saturated heterocycles. The Hall–Kier alpha value is -1.06. The Morgan fingerprint density at radius 1 is 1.55 bits per heavy atom. The highest BCUT2D eigenvalue weighted by Crippen LogP contribution is 2.04. The molecule has 0 rings (SSSR count). The molecule has 0 aliphatic rings. The summed E-state index contributed by atoms with van der Waals surface area (Å²) in [5, 5.41) is 22.3. The summed E-state index contributed by atoms with van der Waals surface area (Å²) in [6.45, 7) is 6.76. The predicted octanol–water partition coefficient (Wildman–Crippen LogP) is 1.22. The van der Waals surface area contributed by atoms with E-state index in [-0.39, 0.29) is 0 Å². The second-order valence-electron chi connectivity index (χ2n) is 3.14. The lowest BCUT2D eigenvalue weighted by Crippen LogP contribution is -2.36. The van der Waals surface area contributed by atoms with E-state index in [0.717, 1.165) is 4.74 Å². The molecule has 0 amide bonds. The predicted molar refractivity (Wildman–Crippen MR) is 44.3 cm³/mol. The molecule has 64 valence electrons. The fourth-order valence-corrected chi connectivity index (χ4v) is 0.770. The van der Waals surface area contributed by atoms with Crippen LogP contribution in [0.4, 0.5) is 0 Å². The van der Waals surface area contributed by atoms with Gasteiger partial charge in [-0.2, -0.15) is 0 Å². The number of hydrogen-bond acceptors (Lipinski definition) is 3. The first kappa shape index (κ1) is 9.94. The molecule has 0 spiro atoms. The van der Waals surface area contributed by atoms with Gasteiger partial charge in [-0.1, -0.05) is 5.16 Å². The van der Waals surface area contributed by atoms with Crippen LogP contribution in [0.2, 0.25) is 0 Å². The standard InChI is InChI=1S/C7H14N2O2/c1-6(2)9(11)7(3,4)5-8-10/h5,10H,1-4H3. The molecule has 0 radical (unpaired) electrons. The first-order valence-corrected chi connectivity index (χ1v) is 3.38. The summed E-state index contributed by atoms with van der Waals surface area (Å²) < 4.78 is 0.798. The van der Waals surface area contributed by atoms with Crippen molar-refractivity contribution in [1.82, 2.24) is 0 Å². The van der Waals surface area contributed by atoms with Crippen molar-refractivity contribution in [3.05, 3.63) is 5.21 Å². The SMILES string of the molecule is CC(C)=[N+]([O-])C(C)(C)C=NO. The maximum absolute atomic E-state index is 11.2. The van der Waals surface area contributed by atoms with Crippen molar-refractivity contribution in [2.24, 2.45) is 5.16 Å². The van der Waals surface area contributed by atoms with Crippen LogP contribution in [0.5, 0.6) is 0 Å². The van der Waals surface area contributed by atoms with Gasteiger partial charge in [0.05, 0.1) is 0 Å². The first-order chi connectivity index (χ1) is 4.91. The van der Waals surface area contributed by atoms with Gasteiger partial charge in [0, 0.05) is 27.7 Å². The molecular weight excluding hydrogens is 144 g/mol. The van der Waals surface area contributed by atoms with Crippen LogP contribution in [0, 0.1) is 5.21 Å². The Morgan fingerprint density at radius 2 is 2.00 bits per heavy atom. The average Bonchev–Trinajstić information content (AvgIpc) is 1.86. The monoisotopic (exact) mass is 158 g/mol. The highest BCUT2D eigenvalue weighted by Gasteiger charge is 2.24. The molecular formula is C7H14N2O2. The Balaban J connectivity index is 4.70. The van der Waals surface area contributed by atoms with Crippen molar-refractivity contribution in [1.29, 1.82) is 0 Å². The van der Waals surface area contributed by atoms with Crippen LogP contribution in [0.1, 0.15) is 27.7 Å². The number of hydroxylamine groups is 1. The number of nitrogens with zero attached hydrogens (tertiary/aromatic N) is 2. The highest BCUT2D eigenvalue weighted by molar-refractivity contribution is 5.76. The maximum Gasteiger partial charge on any atom is 0.205 e. The molecule has 1 N–H and O–H groups in total. The van der Waals surface area contributed by atoms with E-state index < -0.39 is 5.54 Å². The molecule has 0 aromatic heterocycles. The molecule has 4 nitrogen and oxygen atoms in total. The van der Waals surface area contributed by atoms with Gasteiger partial charge in [0.1, 0.15) is 6.21 Å².